The molecule has 0 atom stereocenters. The Hall–Kier alpha value is -3.48. The third-order valence-electron chi connectivity index (χ3n) is 3.26. The van der Waals surface area contributed by atoms with Crippen LogP contribution in [0.1, 0.15) is 26.7 Å². The standard InChI is InChI=1S/C11H13NO3.C10H11NO2/c1-8(13)7-11(14)12-9-5-3-4-6-10(9)15-2;1-8(12)7-10(13)11-9-5-3-2-4-6-9/h3-6H,7H2,1-2H3,(H,12,14);2-6H,7H2,1H3,(H,11,13). The van der Waals surface area contributed by atoms with Crippen molar-refractivity contribution in [3.05, 3.63) is 54.6 Å². The van der Waals surface area contributed by atoms with Gasteiger partial charge in [-0.25, -0.2) is 0 Å². The van der Waals surface area contributed by atoms with E-state index in [4.69, 9.17) is 4.74 Å². The van der Waals surface area contributed by atoms with Crippen LogP contribution in [0.5, 0.6) is 5.75 Å². The van der Waals surface area contributed by atoms with Crippen molar-refractivity contribution < 1.29 is 23.9 Å². The van der Waals surface area contributed by atoms with Crippen LogP contribution in [0.2, 0.25) is 0 Å². The summed E-state index contributed by atoms with van der Waals surface area (Å²) in [5.74, 6) is -0.309. The van der Waals surface area contributed by atoms with Gasteiger partial charge in [0.25, 0.3) is 0 Å². The molecule has 2 N–H and O–H groups in total. The number of ketones is 2. The van der Waals surface area contributed by atoms with E-state index in [1.165, 1.54) is 21.0 Å². The van der Waals surface area contributed by atoms with Gasteiger partial charge in [-0.05, 0) is 38.1 Å². The van der Waals surface area contributed by atoms with Gasteiger partial charge >= 0.3 is 0 Å². The number of carbonyl (C=O) groups is 4. The predicted molar refractivity (Wildman–Crippen MR) is 107 cm³/mol. The highest BCUT2D eigenvalue weighted by Gasteiger charge is 2.08. The Labute approximate surface area is 164 Å². The van der Waals surface area contributed by atoms with Crippen molar-refractivity contribution in [2.75, 3.05) is 17.7 Å². The number of hydrogen-bond acceptors (Lipinski definition) is 5. The molecule has 0 aliphatic rings. The fourth-order valence-corrected chi connectivity index (χ4v) is 2.12. The van der Waals surface area contributed by atoms with Gasteiger partial charge in [-0.15, -0.1) is 0 Å². The van der Waals surface area contributed by atoms with Gasteiger partial charge in [0, 0.05) is 5.69 Å². The Kier molecular flexibility index (Phi) is 9.67. The van der Waals surface area contributed by atoms with E-state index >= 15 is 0 Å². The summed E-state index contributed by atoms with van der Waals surface area (Å²) in [5, 5.41) is 5.22. The van der Waals surface area contributed by atoms with Gasteiger partial charge < -0.3 is 15.4 Å². The molecule has 2 amide bonds. The summed E-state index contributed by atoms with van der Waals surface area (Å²) < 4.78 is 5.05. The summed E-state index contributed by atoms with van der Waals surface area (Å²) in [6, 6.07) is 16.1. The molecule has 0 radical (unpaired) electrons. The average Bonchev–Trinajstić information content (AvgIpc) is 2.62. The van der Waals surface area contributed by atoms with Crippen molar-refractivity contribution in [1.29, 1.82) is 0 Å². The molecule has 28 heavy (non-hydrogen) atoms. The number of rotatable bonds is 7. The highest BCUT2D eigenvalue weighted by atomic mass is 16.5. The molecule has 2 rings (SSSR count). The van der Waals surface area contributed by atoms with Crippen LogP contribution in [0.25, 0.3) is 0 Å². The smallest absolute Gasteiger partial charge is 0.231 e. The highest BCUT2D eigenvalue weighted by Crippen LogP contribution is 2.22. The Bertz CT molecular complexity index is 819. The maximum absolute atomic E-state index is 11.3. The minimum atomic E-state index is -0.327. The first-order valence-electron chi connectivity index (χ1n) is 8.58. The molecule has 0 saturated carbocycles. The Morgan fingerprint density at radius 1 is 0.750 bits per heavy atom. The van der Waals surface area contributed by atoms with Crippen LogP contribution in [0.15, 0.2) is 54.6 Å². The van der Waals surface area contributed by atoms with Crippen molar-refractivity contribution in [1.82, 2.24) is 0 Å². The fraction of sp³-hybridized carbons (Fsp3) is 0.238. The van der Waals surface area contributed by atoms with E-state index in [9.17, 15) is 19.2 Å². The molecule has 7 heteroatoms. The topological polar surface area (TPSA) is 102 Å². The summed E-state index contributed by atoms with van der Waals surface area (Å²) in [5.41, 5.74) is 1.29. The van der Waals surface area contributed by atoms with Crippen LogP contribution in [0.4, 0.5) is 11.4 Å². The fourth-order valence-electron chi connectivity index (χ4n) is 2.12. The molecular weight excluding hydrogens is 360 g/mol. The van der Waals surface area contributed by atoms with Crippen LogP contribution in [0, 0.1) is 0 Å². The zero-order valence-electron chi connectivity index (χ0n) is 16.2. The summed E-state index contributed by atoms with van der Waals surface area (Å²) in [4.78, 5) is 43.7. The van der Waals surface area contributed by atoms with Crippen molar-refractivity contribution in [2.45, 2.75) is 26.7 Å². The van der Waals surface area contributed by atoms with Crippen LogP contribution in [0.3, 0.4) is 0 Å². The van der Waals surface area contributed by atoms with Gasteiger partial charge in [0.1, 0.15) is 17.3 Å². The van der Waals surface area contributed by atoms with Crippen molar-refractivity contribution in [3.63, 3.8) is 0 Å². The largest absolute Gasteiger partial charge is 0.495 e. The lowest BCUT2D eigenvalue weighted by atomic mass is 10.2. The third kappa shape index (κ3) is 9.28. The number of Topliss-reactive ketones (excluding diaryl/α,β-unsaturated/α-hetero) is 2. The molecule has 0 fully saturated rings. The number of para-hydroxylation sites is 3. The number of anilines is 2. The van der Waals surface area contributed by atoms with E-state index in [0.29, 0.717) is 17.1 Å². The number of nitrogens with one attached hydrogen (secondary N) is 2. The van der Waals surface area contributed by atoms with Gasteiger partial charge in [-0.3, -0.25) is 19.2 Å². The van der Waals surface area contributed by atoms with Crippen LogP contribution in [-0.2, 0) is 19.2 Å². The first-order chi connectivity index (χ1) is 13.3. The molecule has 0 aromatic heterocycles. The number of amides is 2. The van der Waals surface area contributed by atoms with Gasteiger partial charge in [0.15, 0.2) is 0 Å². The summed E-state index contributed by atoms with van der Waals surface area (Å²) in [6.07, 6.45) is -0.174. The lowest BCUT2D eigenvalue weighted by Gasteiger charge is -2.08. The Balaban J connectivity index is 0.000000283. The summed E-state index contributed by atoms with van der Waals surface area (Å²) in [6.45, 7) is 2.77. The molecule has 7 nitrogen and oxygen atoms in total. The first kappa shape index (κ1) is 22.6. The molecule has 0 bridgehead atoms. The SMILES string of the molecule is CC(=O)CC(=O)Nc1ccccc1.COc1ccccc1NC(=O)CC(C)=O. The molecule has 0 spiro atoms. The number of methoxy groups -OCH3 is 1. The van der Waals surface area contributed by atoms with Crippen LogP contribution < -0.4 is 15.4 Å². The van der Waals surface area contributed by atoms with Gasteiger partial charge in [0.05, 0.1) is 25.6 Å². The van der Waals surface area contributed by atoms with Crippen molar-refractivity contribution >= 4 is 34.8 Å². The van der Waals surface area contributed by atoms with E-state index in [1.807, 2.05) is 18.2 Å². The normalized spacial score (nSPS) is 9.39. The molecule has 2 aromatic rings. The van der Waals surface area contributed by atoms with Crippen LogP contribution in [-0.4, -0.2) is 30.5 Å². The van der Waals surface area contributed by atoms with E-state index < -0.39 is 0 Å². The van der Waals surface area contributed by atoms with E-state index in [-0.39, 0.29) is 36.2 Å². The highest BCUT2D eigenvalue weighted by molar-refractivity contribution is 6.04. The second-order valence-electron chi connectivity index (χ2n) is 5.92. The van der Waals surface area contributed by atoms with E-state index in [1.54, 1.807) is 36.4 Å². The van der Waals surface area contributed by atoms with Gasteiger partial charge in [-0.2, -0.15) is 0 Å². The maximum Gasteiger partial charge on any atom is 0.231 e. The Morgan fingerprint density at radius 3 is 1.79 bits per heavy atom. The van der Waals surface area contributed by atoms with Crippen molar-refractivity contribution in [3.8, 4) is 5.75 Å². The molecule has 2 aromatic carbocycles. The molecular formula is C21H24N2O5. The second kappa shape index (κ2) is 12.0. The van der Waals surface area contributed by atoms with Crippen molar-refractivity contribution in [2.24, 2.45) is 0 Å². The number of carbonyl (C=O) groups excluding carboxylic acids is 4. The molecule has 148 valence electrons. The number of ether oxygens (including phenoxy) is 1. The zero-order chi connectivity index (χ0) is 20.9. The Morgan fingerprint density at radius 2 is 1.25 bits per heavy atom. The van der Waals surface area contributed by atoms with Gasteiger partial charge in [0.2, 0.25) is 11.8 Å². The lowest BCUT2D eigenvalue weighted by Crippen LogP contribution is -2.15. The predicted octanol–water partition coefficient (Wildman–Crippen LogP) is 3.22. The first-order valence-corrected chi connectivity index (χ1v) is 8.58. The second-order valence-corrected chi connectivity index (χ2v) is 5.92. The minimum absolute atomic E-state index is 0.0606. The van der Waals surface area contributed by atoms with E-state index in [0.717, 1.165) is 0 Å². The lowest BCUT2D eigenvalue weighted by molar-refractivity contribution is -0.125. The quantitative estimate of drug-likeness (QED) is 0.714. The zero-order valence-corrected chi connectivity index (χ0v) is 16.2. The summed E-state index contributed by atoms with van der Waals surface area (Å²) in [7, 11) is 1.52. The van der Waals surface area contributed by atoms with E-state index in [2.05, 4.69) is 10.6 Å². The molecule has 0 heterocycles. The van der Waals surface area contributed by atoms with Gasteiger partial charge in [-0.1, -0.05) is 30.3 Å². The average molecular weight is 384 g/mol. The molecule has 0 saturated heterocycles. The number of benzene rings is 2. The molecule has 0 aliphatic carbocycles. The minimum Gasteiger partial charge on any atom is -0.495 e. The monoisotopic (exact) mass is 384 g/mol. The third-order valence-corrected chi connectivity index (χ3v) is 3.26. The molecule has 0 unspecified atom stereocenters. The van der Waals surface area contributed by atoms with Crippen LogP contribution >= 0.6 is 0 Å². The number of hydrogen-bond donors (Lipinski definition) is 2. The maximum atomic E-state index is 11.3. The molecule has 0 aliphatic heterocycles. The summed E-state index contributed by atoms with van der Waals surface area (Å²) >= 11 is 0.